The number of nitrogens with one attached hydrogen (secondary N) is 2. The number of ether oxygens (including phenoxy) is 1. The standard InChI is InChI=1S/C36H33FN4O5S/c1-23(39-40-34(42)22-41(28-18-16-27(37)17-19-28)47(44,45)29-7-4-3-5-8-29)26-15-20-33-32(21-26)30-9-6-10-31(30)35(38-33)24-11-13-25(14-12-24)36(43)46-2/h3-9,11-21,30-31,35,38H,10,22H2,1-2H3,(H,40,42)/b39-23-/t30-,31+,35+/m1/s1. The quantitative estimate of drug-likeness (QED) is 0.0967. The van der Waals surface area contributed by atoms with Gasteiger partial charge >= 0.3 is 5.97 Å². The van der Waals surface area contributed by atoms with Crippen LogP contribution in [0.2, 0.25) is 0 Å². The molecule has 4 aromatic carbocycles. The Morgan fingerprint density at radius 2 is 1.68 bits per heavy atom. The zero-order valence-electron chi connectivity index (χ0n) is 25.8. The summed E-state index contributed by atoms with van der Waals surface area (Å²) in [5.41, 5.74) is 7.66. The van der Waals surface area contributed by atoms with E-state index in [-0.39, 0.29) is 34.4 Å². The molecule has 1 aliphatic heterocycles. The van der Waals surface area contributed by atoms with Crippen LogP contribution >= 0.6 is 0 Å². The van der Waals surface area contributed by atoms with Crippen molar-refractivity contribution in [2.45, 2.75) is 30.2 Å². The Bertz CT molecular complexity index is 1960. The number of carbonyl (C=O) groups is 2. The maximum Gasteiger partial charge on any atom is 0.337 e. The Morgan fingerprint density at radius 1 is 0.979 bits per heavy atom. The number of methoxy groups -OCH3 is 1. The van der Waals surface area contributed by atoms with Crippen LogP contribution in [-0.2, 0) is 19.6 Å². The first-order chi connectivity index (χ1) is 22.7. The van der Waals surface area contributed by atoms with E-state index in [2.05, 4.69) is 34.1 Å². The number of nitrogens with zero attached hydrogens (tertiary/aromatic N) is 2. The lowest BCUT2D eigenvalue weighted by Crippen LogP contribution is -2.39. The number of amides is 1. The molecular formula is C36H33FN4O5S. The zero-order valence-corrected chi connectivity index (χ0v) is 26.6. The summed E-state index contributed by atoms with van der Waals surface area (Å²) >= 11 is 0. The summed E-state index contributed by atoms with van der Waals surface area (Å²) in [5.74, 6) is -1.14. The van der Waals surface area contributed by atoms with Crippen molar-refractivity contribution in [2.24, 2.45) is 11.0 Å². The summed E-state index contributed by atoms with van der Waals surface area (Å²) < 4.78 is 46.4. The highest BCUT2D eigenvalue weighted by molar-refractivity contribution is 7.92. The van der Waals surface area contributed by atoms with Gasteiger partial charge in [-0.2, -0.15) is 5.10 Å². The van der Waals surface area contributed by atoms with E-state index in [4.69, 9.17) is 4.74 Å². The Kier molecular flexibility index (Phi) is 8.91. The molecule has 1 amide bonds. The van der Waals surface area contributed by atoms with E-state index < -0.39 is 28.3 Å². The third kappa shape index (κ3) is 6.52. The monoisotopic (exact) mass is 652 g/mol. The van der Waals surface area contributed by atoms with Crippen LogP contribution in [0.4, 0.5) is 15.8 Å². The lowest BCUT2D eigenvalue weighted by Gasteiger charge is -2.37. The van der Waals surface area contributed by atoms with Gasteiger partial charge in [0.05, 0.1) is 35.0 Å². The molecular weight excluding hydrogens is 619 g/mol. The molecule has 9 nitrogen and oxygen atoms in total. The first-order valence-electron chi connectivity index (χ1n) is 15.1. The van der Waals surface area contributed by atoms with Gasteiger partial charge < -0.3 is 10.1 Å². The fourth-order valence-corrected chi connectivity index (χ4v) is 7.55. The molecule has 0 saturated carbocycles. The van der Waals surface area contributed by atoms with Gasteiger partial charge in [0, 0.05) is 11.6 Å². The van der Waals surface area contributed by atoms with E-state index in [9.17, 15) is 22.4 Å². The molecule has 2 aliphatic rings. The maximum absolute atomic E-state index is 13.6. The molecule has 0 bridgehead atoms. The fourth-order valence-electron chi connectivity index (χ4n) is 6.11. The van der Waals surface area contributed by atoms with Crippen molar-refractivity contribution < 1.29 is 27.1 Å². The number of hydrogen-bond donors (Lipinski definition) is 2. The summed E-state index contributed by atoms with van der Waals surface area (Å²) in [6.07, 6.45) is 5.30. The van der Waals surface area contributed by atoms with Gasteiger partial charge in [0.15, 0.2) is 0 Å². The van der Waals surface area contributed by atoms with Crippen LogP contribution in [0.5, 0.6) is 0 Å². The molecule has 0 spiro atoms. The number of benzene rings is 4. The first-order valence-corrected chi connectivity index (χ1v) is 16.5. The minimum absolute atomic E-state index is 0.000750. The van der Waals surface area contributed by atoms with Gasteiger partial charge in [-0.1, -0.05) is 48.6 Å². The molecule has 11 heteroatoms. The molecule has 2 N–H and O–H groups in total. The normalized spacial score (nSPS) is 18.4. The van der Waals surface area contributed by atoms with Crippen molar-refractivity contribution >= 4 is 39.0 Å². The highest BCUT2D eigenvalue weighted by Crippen LogP contribution is 2.50. The Labute approximate surface area is 272 Å². The minimum Gasteiger partial charge on any atom is -0.465 e. The second-order valence-corrected chi connectivity index (χ2v) is 13.3. The summed E-state index contributed by atoms with van der Waals surface area (Å²) in [6, 6.07) is 26.1. The van der Waals surface area contributed by atoms with Gasteiger partial charge in [-0.05, 0) is 96.6 Å². The topological polar surface area (TPSA) is 117 Å². The molecule has 0 radical (unpaired) electrons. The van der Waals surface area contributed by atoms with E-state index in [0.717, 1.165) is 45.2 Å². The molecule has 6 rings (SSSR count). The lowest BCUT2D eigenvalue weighted by atomic mass is 9.76. The van der Waals surface area contributed by atoms with Crippen molar-refractivity contribution in [1.29, 1.82) is 0 Å². The first kappa shape index (κ1) is 31.7. The number of fused-ring (bicyclic) bond motifs is 3. The van der Waals surface area contributed by atoms with Crippen LogP contribution in [-0.4, -0.2) is 39.7 Å². The number of halogens is 1. The number of esters is 1. The molecule has 4 aromatic rings. The second-order valence-electron chi connectivity index (χ2n) is 11.4. The lowest BCUT2D eigenvalue weighted by molar-refractivity contribution is -0.119. The molecule has 0 fully saturated rings. The molecule has 3 atom stereocenters. The van der Waals surface area contributed by atoms with Crippen LogP contribution in [0.1, 0.15) is 52.4 Å². The summed E-state index contributed by atoms with van der Waals surface area (Å²) in [5, 5.41) is 7.98. The molecule has 0 aromatic heterocycles. The molecule has 1 aliphatic carbocycles. The number of hydrazone groups is 1. The van der Waals surface area contributed by atoms with Gasteiger partial charge in [0.25, 0.3) is 15.9 Å². The SMILES string of the molecule is COC(=O)c1ccc([C@@H]2Nc3ccc(/C(C)=N\NC(=O)CN(c4ccc(F)cc4)S(=O)(=O)c4ccccc4)cc3[C@@H]3C=CC[C@@H]32)cc1. The van der Waals surface area contributed by atoms with Crippen molar-refractivity contribution in [3.8, 4) is 0 Å². The van der Waals surface area contributed by atoms with Crippen LogP contribution in [0.3, 0.4) is 0 Å². The maximum atomic E-state index is 13.6. The van der Waals surface area contributed by atoms with E-state index in [1.54, 1.807) is 37.3 Å². The summed E-state index contributed by atoms with van der Waals surface area (Å²) in [7, 11) is -2.77. The Hall–Kier alpha value is -5.29. The Balaban J connectivity index is 1.20. The van der Waals surface area contributed by atoms with E-state index in [1.807, 2.05) is 24.3 Å². The molecule has 240 valence electrons. The van der Waals surface area contributed by atoms with Crippen molar-refractivity contribution in [2.75, 3.05) is 23.3 Å². The van der Waals surface area contributed by atoms with Gasteiger partial charge in [0.1, 0.15) is 12.4 Å². The molecule has 47 heavy (non-hydrogen) atoms. The number of rotatable bonds is 9. The number of anilines is 2. The van der Waals surface area contributed by atoms with Gasteiger partial charge in [-0.15, -0.1) is 0 Å². The highest BCUT2D eigenvalue weighted by atomic mass is 32.2. The van der Waals surface area contributed by atoms with Crippen LogP contribution < -0.4 is 15.0 Å². The van der Waals surface area contributed by atoms with E-state index in [0.29, 0.717) is 11.3 Å². The third-order valence-corrected chi connectivity index (χ3v) is 10.3. The predicted molar refractivity (Wildman–Crippen MR) is 178 cm³/mol. The third-order valence-electron chi connectivity index (χ3n) is 8.55. The van der Waals surface area contributed by atoms with Gasteiger partial charge in [0.2, 0.25) is 0 Å². The molecule has 0 saturated heterocycles. The average Bonchev–Trinajstić information content (AvgIpc) is 3.60. The summed E-state index contributed by atoms with van der Waals surface area (Å²) in [4.78, 5) is 25.0. The molecule has 0 unspecified atom stereocenters. The fraction of sp³-hybridized carbons (Fsp3) is 0.194. The number of sulfonamides is 1. The predicted octanol–water partition coefficient (Wildman–Crippen LogP) is 6.17. The molecule has 1 heterocycles. The van der Waals surface area contributed by atoms with Crippen LogP contribution in [0, 0.1) is 11.7 Å². The second kappa shape index (κ2) is 13.2. The van der Waals surface area contributed by atoms with E-state index >= 15 is 0 Å². The zero-order chi connectivity index (χ0) is 33.1. The number of carbonyl (C=O) groups excluding carboxylic acids is 2. The Morgan fingerprint density at radius 3 is 2.38 bits per heavy atom. The van der Waals surface area contributed by atoms with Crippen molar-refractivity contribution in [3.05, 3.63) is 137 Å². The number of allylic oxidation sites excluding steroid dienone is 2. The van der Waals surface area contributed by atoms with Gasteiger partial charge in [-0.3, -0.25) is 9.10 Å². The number of hydrogen-bond acceptors (Lipinski definition) is 7. The van der Waals surface area contributed by atoms with Crippen molar-refractivity contribution in [3.63, 3.8) is 0 Å². The van der Waals surface area contributed by atoms with Crippen molar-refractivity contribution in [1.82, 2.24) is 5.43 Å². The average molecular weight is 653 g/mol. The summed E-state index contributed by atoms with van der Waals surface area (Å²) in [6.45, 7) is 1.20. The van der Waals surface area contributed by atoms with Crippen LogP contribution in [0.25, 0.3) is 0 Å². The van der Waals surface area contributed by atoms with Gasteiger partial charge in [-0.25, -0.2) is 23.0 Å². The smallest absolute Gasteiger partial charge is 0.337 e. The minimum atomic E-state index is -4.14. The van der Waals surface area contributed by atoms with Crippen LogP contribution in [0.15, 0.2) is 119 Å². The highest BCUT2D eigenvalue weighted by Gasteiger charge is 2.38. The van der Waals surface area contributed by atoms with E-state index in [1.165, 1.54) is 31.4 Å². The largest absolute Gasteiger partial charge is 0.465 e.